The number of barbiturate groups is 1. The van der Waals surface area contributed by atoms with E-state index in [0.29, 0.717) is 5.75 Å². The first-order chi connectivity index (χ1) is 12.9. The number of methoxy groups -OCH3 is 1. The Morgan fingerprint density at radius 2 is 1.74 bits per heavy atom. The van der Waals surface area contributed by atoms with Gasteiger partial charge in [-0.2, -0.15) is 0 Å². The first-order valence-corrected chi connectivity index (χ1v) is 7.71. The molecule has 0 aromatic heterocycles. The van der Waals surface area contributed by atoms with Crippen molar-refractivity contribution < 1.29 is 24.0 Å². The third-order valence-corrected chi connectivity index (χ3v) is 3.87. The van der Waals surface area contributed by atoms with Gasteiger partial charge in [-0.05, 0) is 36.4 Å². The summed E-state index contributed by atoms with van der Waals surface area (Å²) in [6.07, 6.45) is 1.10. The molecule has 1 heterocycles. The van der Waals surface area contributed by atoms with Crippen molar-refractivity contribution >= 4 is 35.3 Å². The number of carbonyl (C=O) groups excluding carboxylic acids is 3. The number of nitro groups is 1. The molecule has 4 amide bonds. The molecule has 27 heavy (non-hydrogen) atoms. The third kappa shape index (κ3) is 3.38. The van der Waals surface area contributed by atoms with Gasteiger partial charge in [0.05, 0.1) is 23.3 Å². The molecule has 0 bridgehead atoms. The van der Waals surface area contributed by atoms with Crippen molar-refractivity contribution in [3.05, 3.63) is 69.8 Å². The van der Waals surface area contributed by atoms with E-state index in [2.05, 4.69) is 5.32 Å². The summed E-state index contributed by atoms with van der Waals surface area (Å²) in [6, 6.07) is 10.8. The van der Waals surface area contributed by atoms with Crippen LogP contribution in [-0.2, 0) is 9.59 Å². The summed E-state index contributed by atoms with van der Waals surface area (Å²) in [4.78, 5) is 48.3. The number of hydrogen-bond donors (Lipinski definition) is 1. The number of rotatable bonds is 4. The van der Waals surface area contributed by atoms with E-state index in [1.165, 1.54) is 43.5 Å². The number of ether oxygens (including phenoxy) is 1. The summed E-state index contributed by atoms with van der Waals surface area (Å²) in [6.45, 7) is 0. The molecule has 0 unspecified atom stereocenters. The highest BCUT2D eigenvalue weighted by Crippen LogP contribution is 2.26. The lowest BCUT2D eigenvalue weighted by Gasteiger charge is -2.26. The highest BCUT2D eigenvalue weighted by molar-refractivity contribution is 6.39. The van der Waals surface area contributed by atoms with Crippen LogP contribution in [0.3, 0.4) is 0 Å². The average Bonchev–Trinajstić information content (AvgIpc) is 2.65. The highest BCUT2D eigenvalue weighted by atomic mass is 16.6. The van der Waals surface area contributed by atoms with E-state index >= 15 is 0 Å². The van der Waals surface area contributed by atoms with Gasteiger partial charge in [0.2, 0.25) is 0 Å². The quantitative estimate of drug-likeness (QED) is 0.383. The Hall–Kier alpha value is -4.01. The Balaban J connectivity index is 2.03. The molecule has 0 spiro atoms. The van der Waals surface area contributed by atoms with Gasteiger partial charge in [-0.15, -0.1) is 0 Å². The van der Waals surface area contributed by atoms with Crippen molar-refractivity contribution in [2.24, 2.45) is 0 Å². The molecule has 0 atom stereocenters. The monoisotopic (exact) mass is 367 g/mol. The minimum atomic E-state index is -0.923. The summed E-state index contributed by atoms with van der Waals surface area (Å²) < 4.78 is 5.03. The van der Waals surface area contributed by atoms with Crippen LogP contribution in [0.15, 0.2) is 54.1 Å². The van der Waals surface area contributed by atoms with E-state index in [-0.39, 0.29) is 22.5 Å². The second kappa shape index (κ2) is 7.08. The van der Waals surface area contributed by atoms with Crippen LogP contribution in [0.2, 0.25) is 0 Å². The number of para-hydroxylation sites is 1. The van der Waals surface area contributed by atoms with Crippen molar-refractivity contribution in [2.45, 2.75) is 0 Å². The van der Waals surface area contributed by atoms with Gasteiger partial charge in [-0.1, -0.05) is 12.1 Å². The first-order valence-electron chi connectivity index (χ1n) is 7.71. The molecule has 0 aliphatic carbocycles. The normalized spacial score (nSPS) is 15.7. The molecule has 9 nitrogen and oxygen atoms in total. The molecule has 136 valence electrons. The van der Waals surface area contributed by atoms with Gasteiger partial charge < -0.3 is 4.74 Å². The number of anilines is 1. The number of urea groups is 1. The molecule has 9 heteroatoms. The van der Waals surface area contributed by atoms with E-state index in [1.54, 1.807) is 12.1 Å². The topological polar surface area (TPSA) is 119 Å². The average molecular weight is 367 g/mol. The number of nitro benzene ring substituents is 1. The van der Waals surface area contributed by atoms with Crippen LogP contribution in [0.1, 0.15) is 5.56 Å². The van der Waals surface area contributed by atoms with Gasteiger partial charge >= 0.3 is 6.03 Å². The van der Waals surface area contributed by atoms with Gasteiger partial charge in [0, 0.05) is 6.07 Å². The fraction of sp³-hybridized carbons (Fsp3) is 0.0556. The Kier molecular flexibility index (Phi) is 4.67. The van der Waals surface area contributed by atoms with Crippen molar-refractivity contribution in [1.82, 2.24) is 5.32 Å². The van der Waals surface area contributed by atoms with Crippen LogP contribution in [0.25, 0.3) is 6.08 Å². The summed E-state index contributed by atoms with van der Waals surface area (Å²) in [5, 5.41) is 13.2. The SMILES string of the molecule is COc1ccc(N2C(=O)NC(=O)/C(=C/c3ccccc3[N+](=O)[O-])C2=O)cc1. The molecule has 1 saturated heterocycles. The second-order valence-electron chi connectivity index (χ2n) is 5.47. The van der Waals surface area contributed by atoms with Gasteiger partial charge in [0.1, 0.15) is 11.3 Å². The van der Waals surface area contributed by atoms with E-state index in [4.69, 9.17) is 4.74 Å². The van der Waals surface area contributed by atoms with Crippen LogP contribution < -0.4 is 15.0 Å². The number of carbonyl (C=O) groups is 3. The zero-order valence-electron chi connectivity index (χ0n) is 14.0. The lowest BCUT2D eigenvalue weighted by molar-refractivity contribution is -0.385. The first kappa shape index (κ1) is 17.8. The van der Waals surface area contributed by atoms with Crippen molar-refractivity contribution in [3.8, 4) is 5.75 Å². The Morgan fingerprint density at radius 1 is 1.07 bits per heavy atom. The van der Waals surface area contributed by atoms with E-state index in [9.17, 15) is 24.5 Å². The number of amides is 4. The molecular formula is C18H13N3O6. The van der Waals surface area contributed by atoms with Gasteiger partial charge in [-0.25, -0.2) is 9.69 Å². The van der Waals surface area contributed by atoms with Crippen molar-refractivity contribution in [3.63, 3.8) is 0 Å². The number of hydrogen-bond acceptors (Lipinski definition) is 6. The Morgan fingerprint density at radius 3 is 2.37 bits per heavy atom. The highest BCUT2D eigenvalue weighted by Gasteiger charge is 2.37. The van der Waals surface area contributed by atoms with Gasteiger partial charge in [-0.3, -0.25) is 25.0 Å². The smallest absolute Gasteiger partial charge is 0.335 e. The molecule has 3 rings (SSSR count). The number of nitrogens with zero attached hydrogens (tertiary/aromatic N) is 2. The van der Waals surface area contributed by atoms with Crippen LogP contribution in [-0.4, -0.2) is 29.9 Å². The zero-order chi connectivity index (χ0) is 19.6. The van der Waals surface area contributed by atoms with E-state index in [0.717, 1.165) is 11.0 Å². The molecule has 1 fully saturated rings. The lowest BCUT2D eigenvalue weighted by Crippen LogP contribution is -2.54. The number of benzene rings is 2. The predicted molar refractivity (Wildman–Crippen MR) is 95.1 cm³/mol. The minimum absolute atomic E-state index is 0.0741. The van der Waals surface area contributed by atoms with E-state index < -0.39 is 22.8 Å². The molecular weight excluding hydrogens is 354 g/mol. The Labute approximate surface area is 153 Å². The van der Waals surface area contributed by atoms with Gasteiger partial charge in [0.25, 0.3) is 17.5 Å². The Bertz CT molecular complexity index is 981. The van der Waals surface area contributed by atoms with Crippen LogP contribution in [0.4, 0.5) is 16.2 Å². The molecule has 0 saturated carbocycles. The molecule has 0 radical (unpaired) electrons. The molecule has 1 N–H and O–H groups in total. The predicted octanol–water partition coefficient (Wildman–Crippen LogP) is 2.27. The molecule has 1 aliphatic rings. The maximum absolute atomic E-state index is 12.8. The summed E-state index contributed by atoms with van der Waals surface area (Å²) in [5.74, 6) is -1.28. The summed E-state index contributed by atoms with van der Waals surface area (Å²) in [5.41, 5.74) is -0.359. The van der Waals surface area contributed by atoms with Crippen LogP contribution in [0.5, 0.6) is 5.75 Å². The van der Waals surface area contributed by atoms with Crippen LogP contribution >= 0.6 is 0 Å². The fourth-order valence-corrected chi connectivity index (χ4v) is 2.55. The largest absolute Gasteiger partial charge is 0.497 e. The molecule has 2 aromatic carbocycles. The molecule has 2 aromatic rings. The maximum Gasteiger partial charge on any atom is 0.335 e. The number of nitrogens with one attached hydrogen (secondary N) is 1. The number of imide groups is 2. The summed E-state index contributed by atoms with van der Waals surface area (Å²) in [7, 11) is 1.47. The summed E-state index contributed by atoms with van der Waals surface area (Å²) >= 11 is 0. The third-order valence-electron chi connectivity index (χ3n) is 3.87. The fourth-order valence-electron chi connectivity index (χ4n) is 2.55. The standard InChI is InChI=1S/C18H13N3O6/c1-27-13-8-6-12(7-9-13)20-17(23)14(16(22)19-18(20)24)10-11-4-2-3-5-15(11)21(25)26/h2-10H,1H3,(H,19,22,24)/b14-10-. The minimum Gasteiger partial charge on any atom is -0.497 e. The molecule has 1 aliphatic heterocycles. The zero-order valence-corrected chi connectivity index (χ0v) is 14.0. The lowest BCUT2D eigenvalue weighted by atomic mass is 10.1. The van der Waals surface area contributed by atoms with Gasteiger partial charge in [0.15, 0.2) is 0 Å². The van der Waals surface area contributed by atoms with Crippen molar-refractivity contribution in [2.75, 3.05) is 12.0 Å². The maximum atomic E-state index is 12.8. The van der Waals surface area contributed by atoms with Crippen LogP contribution in [0, 0.1) is 10.1 Å². The van der Waals surface area contributed by atoms with Crippen molar-refractivity contribution in [1.29, 1.82) is 0 Å². The van der Waals surface area contributed by atoms with E-state index in [1.807, 2.05) is 0 Å². The second-order valence-corrected chi connectivity index (χ2v) is 5.47.